The zero-order valence-corrected chi connectivity index (χ0v) is 14.9. The van der Waals surface area contributed by atoms with Crippen LogP contribution in [0.2, 0.25) is 0 Å². The lowest BCUT2D eigenvalue weighted by atomic mass is 9.93. The van der Waals surface area contributed by atoms with Gasteiger partial charge in [-0.25, -0.2) is 14.1 Å². The summed E-state index contributed by atoms with van der Waals surface area (Å²) in [6, 6.07) is 13.6. The fourth-order valence-electron chi connectivity index (χ4n) is 3.73. The van der Waals surface area contributed by atoms with Crippen molar-refractivity contribution in [3.8, 4) is 5.69 Å². The van der Waals surface area contributed by atoms with Gasteiger partial charge in [0.25, 0.3) is 5.89 Å². The molecule has 1 aliphatic carbocycles. The molecule has 4 aromatic rings. The summed E-state index contributed by atoms with van der Waals surface area (Å²) in [5.74, 6) is -0.659. The number of nitrogens with zero attached hydrogens (tertiary/aromatic N) is 3. The minimum atomic E-state index is -0.368. The third-order valence-electron chi connectivity index (χ3n) is 5.06. The van der Waals surface area contributed by atoms with Crippen molar-refractivity contribution >= 4 is 17.0 Å². The number of fused-ring (bicyclic) bond motifs is 2. The Kier molecular flexibility index (Phi) is 3.93. The van der Waals surface area contributed by atoms with E-state index in [1.165, 1.54) is 6.07 Å². The van der Waals surface area contributed by atoms with Crippen LogP contribution in [0.5, 0.6) is 0 Å². The fraction of sp³-hybridized carbons (Fsp3) is 0.190. The highest BCUT2D eigenvalue weighted by Crippen LogP contribution is 2.32. The molecule has 0 fully saturated rings. The Labute approximate surface area is 160 Å². The van der Waals surface area contributed by atoms with Gasteiger partial charge in [0.15, 0.2) is 5.58 Å². The maximum atomic E-state index is 14.2. The minimum Gasteiger partial charge on any atom is -0.432 e. The molecule has 7 heteroatoms. The molecule has 0 saturated heterocycles. The molecular formula is C21H17FN4O2. The molecule has 5 rings (SSSR count). The summed E-state index contributed by atoms with van der Waals surface area (Å²) in [5, 5.41) is 7.37. The van der Waals surface area contributed by atoms with Crippen LogP contribution in [0.25, 0.3) is 16.8 Å². The molecular weight excluding hydrogens is 359 g/mol. The van der Waals surface area contributed by atoms with Gasteiger partial charge >= 0.3 is 5.91 Å². The number of amides is 1. The number of halogens is 1. The van der Waals surface area contributed by atoms with Crippen LogP contribution in [0.15, 0.2) is 59.1 Å². The van der Waals surface area contributed by atoms with Gasteiger partial charge in [-0.15, -0.1) is 0 Å². The number of para-hydroxylation sites is 3. The molecule has 2 aromatic heterocycles. The minimum absolute atomic E-state index is 0.0369. The molecule has 28 heavy (non-hydrogen) atoms. The molecule has 2 heterocycles. The van der Waals surface area contributed by atoms with Crippen LogP contribution < -0.4 is 5.32 Å². The molecule has 1 atom stereocenters. The molecule has 0 radical (unpaired) electrons. The molecule has 1 amide bonds. The Bertz CT molecular complexity index is 1150. The van der Waals surface area contributed by atoms with Gasteiger partial charge in [0.2, 0.25) is 0 Å². The van der Waals surface area contributed by atoms with Gasteiger partial charge in [0.1, 0.15) is 17.0 Å². The second-order valence-electron chi connectivity index (χ2n) is 6.81. The summed E-state index contributed by atoms with van der Waals surface area (Å²) in [7, 11) is 0. The Hall–Kier alpha value is -3.48. The van der Waals surface area contributed by atoms with Crippen molar-refractivity contribution in [2.45, 2.75) is 25.3 Å². The molecule has 0 saturated carbocycles. The zero-order chi connectivity index (χ0) is 19.1. The number of oxazole rings is 1. The molecule has 0 spiro atoms. The monoisotopic (exact) mass is 376 g/mol. The smallest absolute Gasteiger partial charge is 0.307 e. The Balaban J connectivity index is 1.44. The van der Waals surface area contributed by atoms with Gasteiger partial charge in [-0.3, -0.25) is 4.79 Å². The number of carbonyl (C=O) groups is 1. The van der Waals surface area contributed by atoms with E-state index in [9.17, 15) is 9.18 Å². The van der Waals surface area contributed by atoms with E-state index in [-0.39, 0.29) is 23.7 Å². The van der Waals surface area contributed by atoms with Crippen molar-refractivity contribution in [1.29, 1.82) is 0 Å². The molecule has 1 aliphatic rings. The third kappa shape index (κ3) is 2.76. The van der Waals surface area contributed by atoms with Crippen LogP contribution in [-0.2, 0) is 6.42 Å². The molecule has 0 bridgehead atoms. The summed E-state index contributed by atoms with van der Waals surface area (Å²) < 4.78 is 21.4. The number of benzene rings is 2. The summed E-state index contributed by atoms with van der Waals surface area (Å²) >= 11 is 0. The Morgan fingerprint density at radius 1 is 1.18 bits per heavy atom. The number of carbonyl (C=O) groups excluding carboxylic acids is 1. The first-order valence-corrected chi connectivity index (χ1v) is 9.19. The topological polar surface area (TPSA) is 73.0 Å². The van der Waals surface area contributed by atoms with E-state index in [0.29, 0.717) is 16.8 Å². The summed E-state index contributed by atoms with van der Waals surface area (Å²) in [6.07, 6.45) is 4.13. The first-order valence-electron chi connectivity index (χ1n) is 9.19. The van der Waals surface area contributed by atoms with Crippen molar-refractivity contribution in [2.75, 3.05) is 0 Å². The van der Waals surface area contributed by atoms with Crippen LogP contribution >= 0.6 is 0 Å². The molecule has 2 aromatic carbocycles. The lowest BCUT2D eigenvalue weighted by Gasteiger charge is -2.23. The van der Waals surface area contributed by atoms with E-state index in [4.69, 9.17) is 4.42 Å². The van der Waals surface area contributed by atoms with Crippen LogP contribution in [0.4, 0.5) is 4.39 Å². The van der Waals surface area contributed by atoms with Crippen LogP contribution in [0, 0.1) is 5.82 Å². The second kappa shape index (κ2) is 6.60. The van der Waals surface area contributed by atoms with Crippen LogP contribution in [-0.4, -0.2) is 20.7 Å². The van der Waals surface area contributed by atoms with E-state index < -0.39 is 0 Å². The number of hydrogen-bond acceptors (Lipinski definition) is 4. The standard InChI is InChI=1S/C21H17FN4O2/c22-14-6-1-3-9-18(14)26-17-10-5-8-15(13(17)12-23-26)24-20(27)21-25-16-7-2-4-11-19(16)28-21/h1-4,6-7,9,11-12,15H,5,8,10H2,(H,24,27)/t15-/m1/s1. The van der Waals surface area contributed by atoms with E-state index >= 15 is 0 Å². The zero-order valence-electron chi connectivity index (χ0n) is 14.9. The quantitative estimate of drug-likeness (QED) is 0.587. The summed E-state index contributed by atoms with van der Waals surface area (Å²) in [4.78, 5) is 16.9. The van der Waals surface area contributed by atoms with Gasteiger partial charge in [-0.1, -0.05) is 24.3 Å². The van der Waals surface area contributed by atoms with E-state index in [1.807, 2.05) is 12.1 Å². The average molecular weight is 376 g/mol. The van der Waals surface area contributed by atoms with Gasteiger partial charge in [-0.05, 0) is 43.5 Å². The Morgan fingerprint density at radius 3 is 2.86 bits per heavy atom. The number of aromatic nitrogens is 3. The van der Waals surface area contributed by atoms with Gasteiger partial charge in [0.05, 0.1) is 12.2 Å². The van der Waals surface area contributed by atoms with E-state index in [0.717, 1.165) is 30.5 Å². The number of rotatable bonds is 3. The largest absolute Gasteiger partial charge is 0.432 e. The van der Waals surface area contributed by atoms with Crippen molar-refractivity contribution < 1.29 is 13.6 Å². The lowest BCUT2D eigenvalue weighted by Crippen LogP contribution is -2.31. The third-order valence-corrected chi connectivity index (χ3v) is 5.06. The molecule has 0 unspecified atom stereocenters. The van der Waals surface area contributed by atoms with Crippen molar-refractivity contribution in [1.82, 2.24) is 20.1 Å². The molecule has 6 nitrogen and oxygen atoms in total. The molecule has 0 aliphatic heterocycles. The fourth-order valence-corrected chi connectivity index (χ4v) is 3.73. The predicted octanol–water partition coefficient (Wildman–Crippen LogP) is 3.96. The second-order valence-corrected chi connectivity index (χ2v) is 6.81. The number of nitrogens with one attached hydrogen (secondary N) is 1. The summed E-state index contributed by atoms with van der Waals surface area (Å²) in [5.41, 5.74) is 3.45. The molecule has 1 N–H and O–H groups in total. The Morgan fingerprint density at radius 2 is 2.00 bits per heavy atom. The van der Waals surface area contributed by atoms with E-state index in [1.54, 1.807) is 41.2 Å². The highest BCUT2D eigenvalue weighted by molar-refractivity contribution is 5.92. The SMILES string of the molecule is O=C(N[C@@H]1CCCc2c1cnn2-c1ccccc1F)c1nc2ccccc2o1. The first-order chi connectivity index (χ1) is 13.7. The highest BCUT2D eigenvalue weighted by Gasteiger charge is 2.28. The van der Waals surface area contributed by atoms with Gasteiger partial charge < -0.3 is 9.73 Å². The summed E-state index contributed by atoms with van der Waals surface area (Å²) in [6.45, 7) is 0. The maximum Gasteiger partial charge on any atom is 0.307 e. The number of hydrogen-bond donors (Lipinski definition) is 1. The van der Waals surface area contributed by atoms with Crippen LogP contribution in [0.3, 0.4) is 0 Å². The average Bonchev–Trinajstić information content (AvgIpc) is 3.33. The normalized spacial score (nSPS) is 16.1. The highest BCUT2D eigenvalue weighted by atomic mass is 19.1. The predicted molar refractivity (Wildman–Crippen MR) is 101 cm³/mol. The molecule has 140 valence electrons. The van der Waals surface area contributed by atoms with Crippen molar-refractivity contribution in [3.63, 3.8) is 0 Å². The van der Waals surface area contributed by atoms with Crippen LogP contribution in [0.1, 0.15) is 40.8 Å². The van der Waals surface area contributed by atoms with Gasteiger partial charge in [0, 0.05) is 11.3 Å². The van der Waals surface area contributed by atoms with Crippen molar-refractivity contribution in [3.05, 3.63) is 77.7 Å². The van der Waals surface area contributed by atoms with Gasteiger partial charge in [-0.2, -0.15) is 5.10 Å². The first kappa shape index (κ1) is 16.7. The van der Waals surface area contributed by atoms with E-state index in [2.05, 4.69) is 15.4 Å². The lowest BCUT2D eigenvalue weighted by molar-refractivity contribution is 0.0900. The van der Waals surface area contributed by atoms with Crippen molar-refractivity contribution in [2.24, 2.45) is 0 Å². The maximum absolute atomic E-state index is 14.2.